The second-order valence-corrected chi connectivity index (χ2v) is 10.3. The molecule has 3 aromatic carbocycles. The molecule has 1 aliphatic rings. The molecule has 4 rings (SSSR count). The zero-order chi connectivity index (χ0) is 23.5. The number of hydrogen-bond donors (Lipinski definition) is 0. The fourth-order valence-corrected chi connectivity index (χ4v) is 5.29. The summed E-state index contributed by atoms with van der Waals surface area (Å²) in [6.07, 6.45) is 1.74. The van der Waals surface area contributed by atoms with Crippen LogP contribution in [0.5, 0.6) is 5.75 Å². The normalized spacial score (nSPS) is 14.9. The van der Waals surface area contributed by atoms with Crippen LogP contribution in [0.15, 0.2) is 65.6 Å². The smallest absolute Gasteiger partial charge is 0.266 e. The van der Waals surface area contributed by atoms with Gasteiger partial charge in [0.05, 0.1) is 21.5 Å². The van der Waals surface area contributed by atoms with Gasteiger partial charge in [0.25, 0.3) is 5.91 Å². The number of thiocarbonyl (C=S) groups is 1. The van der Waals surface area contributed by atoms with Crippen LogP contribution >= 0.6 is 58.8 Å². The zero-order valence-electron chi connectivity index (χ0n) is 17.5. The number of benzene rings is 3. The predicted molar refractivity (Wildman–Crippen MR) is 142 cm³/mol. The van der Waals surface area contributed by atoms with Crippen molar-refractivity contribution in [1.29, 1.82) is 0 Å². The Kier molecular flexibility index (Phi) is 7.67. The van der Waals surface area contributed by atoms with E-state index in [1.54, 1.807) is 29.2 Å². The Bertz CT molecular complexity index is 1240. The monoisotopic (exact) mass is 533 g/mol. The molecule has 33 heavy (non-hydrogen) atoms. The van der Waals surface area contributed by atoms with Gasteiger partial charge >= 0.3 is 0 Å². The fraction of sp³-hybridized carbons (Fsp3) is 0.120. The molecule has 1 saturated heterocycles. The molecule has 3 aromatic rings. The van der Waals surface area contributed by atoms with E-state index >= 15 is 0 Å². The summed E-state index contributed by atoms with van der Waals surface area (Å²) in [5.74, 6) is 0.221. The van der Waals surface area contributed by atoms with Gasteiger partial charge in [-0.3, -0.25) is 9.69 Å². The first-order valence-corrected chi connectivity index (χ1v) is 12.3. The number of carbonyl (C=O) groups excluding carboxylic acids is 1. The lowest BCUT2D eigenvalue weighted by atomic mass is 10.1. The average molecular weight is 535 g/mol. The van der Waals surface area contributed by atoms with Gasteiger partial charge in [-0.05, 0) is 42.3 Å². The van der Waals surface area contributed by atoms with Gasteiger partial charge in [0.15, 0.2) is 5.75 Å². The van der Waals surface area contributed by atoms with E-state index in [2.05, 4.69) is 0 Å². The third-order valence-corrected chi connectivity index (χ3v) is 7.29. The van der Waals surface area contributed by atoms with Crippen molar-refractivity contribution in [2.75, 3.05) is 0 Å². The van der Waals surface area contributed by atoms with E-state index in [4.69, 9.17) is 51.8 Å². The molecule has 0 N–H and O–H groups in total. The summed E-state index contributed by atoms with van der Waals surface area (Å²) >= 11 is 25.8. The summed E-state index contributed by atoms with van der Waals surface area (Å²) in [5.41, 5.74) is 3.69. The molecule has 0 atom stereocenters. The maximum absolute atomic E-state index is 13.0. The van der Waals surface area contributed by atoms with E-state index in [1.165, 1.54) is 11.8 Å². The second-order valence-electron chi connectivity index (χ2n) is 7.45. The topological polar surface area (TPSA) is 29.5 Å². The zero-order valence-corrected chi connectivity index (χ0v) is 21.4. The lowest BCUT2D eigenvalue weighted by Gasteiger charge is -2.14. The van der Waals surface area contributed by atoms with Crippen LogP contribution in [0.4, 0.5) is 0 Å². The van der Waals surface area contributed by atoms with Gasteiger partial charge in [-0.15, -0.1) is 0 Å². The standard InChI is InChI=1S/C25H18Cl3NO2S2/c1-15-6-8-16(9-7-15)13-29-24(30)22(33-25(29)32)12-17-10-20(27)23(21(28)11-17)31-14-18-4-2-3-5-19(18)26/h2-12H,13-14H2,1H3/b22-12-. The highest BCUT2D eigenvalue weighted by molar-refractivity contribution is 8.26. The maximum Gasteiger partial charge on any atom is 0.266 e. The van der Waals surface area contributed by atoms with E-state index < -0.39 is 0 Å². The molecule has 1 fully saturated rings. The minimum Gasteiger partial charge on any atom is -0.486 e. The molecule has 168 valence electrons. The Morgan fingerprint density at radius 2 is 1.67 bits per heavy atom. The number of aryl methyl sites for hydroxylation is 1. The summed E-state index contributed by atoms with van der Waals surface area (Å²) < 4.78 is 6.34. The molecule has 0 radical (unpaired) electrons. The minimum absolute atomic E-state index is 0.142. The van der Waals surface area contributed by atoms with Gasteiger partial charge < -0.3 is 4.74 Å². The van der Waals surface area contributed by atoms with Crippen molar-refractivity contribution in [3.05, 3.63) is 103 Å². The molecule has 0 bridgehead atoms. The van der Waals surface area contributed by atoms with Crippen molar-refractivity contribution >= 4 is 75.1 Å². The summed E-state index contributed by atoms with van der Waals surface area (Å²) in [6.45, 7) is 2.68. The lowest BCUT2D eigenvalue weighted by molar-refractivity contribution is -0.122. The molecule has 8 heteroatoms. The number of halogens is 3. The van der Waals surface area contributed by atoms with Crippen molar-refractivity contribution in [2.24, 2.45) is 0 Å². The van der Waals surface area contributed by atoms with Crippen molar-refractivity contribution < 1.29 is 9.53 Å². The quantitative estimate of drug-likeness (QED) is 0.237. The van der Waals surface area contributed by atoms with Gasteiger partial charge in [0.2, 0.25) is 0 Å². The summed E-state index contributed by atoms with van der Waals surface area (Å²) in [5, 5.41) is 1.29. The SMILES string of the molecule is Cc1ccc(CN2C(=O)/C(=C/c3cc(Cl)c(OCc4ccccc4Cl)c(Cl)c3)SC2=S)cc1. The number of thioether (sulfide) groups is 1. The first kappa shape index (κ1) is 24.1. The molecule has 3 nitrogen and oxygen atoms in total. The van der Waals surface area contributed by atoms with E-state index in [-0.39, 0.29) is 12.5 Å². The van der Waals surface area contributed by atoms with Crippen molar-refractivity contribution in [2.45, 2.75) is 20.1 Å². The van der Waals surface area contributed by atoms with Crippen LogP contribution in [-0.4, -0.2) is 15.1 Å². The van der Waals surface area contributed by atoms with E-state index in [0.29, 0.717) is 42.2 Å². The summed E-state index contributed by atoms with van der Waals surface area (Å²) in [7, 11) is 0. The van der Waals surface area contributed by atoms with Gasteiger partial charge in [0.1, 0.15) is 10.9 Å². The number of carbonyl (C=O) groups is 1. The van der Waals surface area contributed by atoms with Crippen LogP contribution in [0.3, 0.4) is 0 Å². The lowest BCUT2D eigenvalue weighted by Crippen LogP contribution is -2.27. The highest BCUT2D eigenvalue weighted by Gasteiger charge is 2.32. The summed E-state index contributed by atoms with van der Waals surface area (Å²) in [6, 6.07) is 18.8. The first-order chi connectivity index (χ1) is 15.8. The Morgan fingerprint density at radius 1 is 1.00 bits per heavy atom. The second kappa shape index (κ2) is 10.5. The van der Waals surface area contributed by atoms with E-state index in [0.717, 1.165) is 16.7 Å². The van der Waals surface area contributed by atoms with Crippen LogP contribution in [0.25, 0.3) is 6.08 Å². The Balaban J connectivity index is 1.50. The fourth-order valence-electron chi connectivity index (χ4n) is 3.23. The largest absolute Gasteiger partial charge is 0.486 e. The average Bonchev–Trinajstić information content (AvgIpc) is 3.03. The van der Waals surface area contributed by atoms with Crippen LogP contribution < -0.4 is 4.74 Å². The Labute approximate surface area is 217 Å². The molecule has 0 spiro atoms. The van der Waals surface area contributed by atoms with Crippen LogP contribution in [0.1, 0.15) is 22.3 Å². The number of ether oxygens (including phenoxy) is 1. The van der Waals surface area contributed by atoms with Crippen molar-refractivity contribution in [1.82, 2.24) is 4.90 Å². The molecule has 0 aromatic heterocycles. The van der Waals surface area contributed by atoms with E-state index in [9.17, 15) is 4.79 Å². The third-order valence-electron chi connectivity index (χ3n) is 4.98. The van der Waals surface area contributed by atoms with Crippen LogP contribution in [0, 0.1) is 6.92 Å². The Hall–Kier alpha value is -2.02. The van der Waals surface area contributed by atoms with Crippen molar-refractivity contribution in [3.8, 4) is 5.75 Å². The van der Waals surface area contributed by atoms with Crippen molar-refractivity contribution in [3.63, 3.8) is 0 Å². The molecular weight excluding hydrogens is 517 g/mol. The maximum atomic E-state index is 13.0. The van der Waals surface area contributed by atoms with Gasteiger partial charge in [0, 0.05) is 10.6 Å². The number of nitrogens with zero attached hydrogens (tertiary/aromatic N) is 1. The number of hydrogen-bond acceptors (Lipinski definition) is 4. The van der Waals surface area contributed by atoms with Gasteiger partial charge in [-0.25, -0.2) is 0 Å². The Morgan fingerprint density at radius 3 is 2.33 bits per heavy atom. The molecular formula is C25H18Cl3NO2S2. The number of amides is 1. The highest BCUT2D eigenvalue weighted by atomic mass is 35.5. The van der Waals surface area contributed by atoms with Gasteiger partial charge in [-0.2, -0.15) is 0 Å². The predicted octanol–water partition coefficient (Wildman–Crippen LogP) is 7.94. The van der Waals surface area contributed by atoms with Crippen LogP contribution in [0.2, 0.25) is 15.1 Å². The van der Waals surface area contributed by atoms with Crippen LogP contribution in [-0.2, 0) is 17.9 Å². The van der Waals surface area contributed by atoms with E-state index in [1.807, 2.05) is 49.4 Å². The van der Waals surface area contributed by atoms with Gasteiger partial charge in [-0.1, -0.05) is 107 Å². The molecule has 1 amide bonds. The molecule has 1 heterocycles. The summed E-state index contributed by atoms with van der Waals surface area (Å²) in [4.78, 5) is 15.1. The third kappa shape index (κ3) is 5.73. The molecule has 0 saturated carbocycles. The molecule has 0 aliphatic carbocycles. The first-order valence-electron chi connectivity index (χ1n) is 9.98. The highest BCUT2D eigenvalue weighted by Crippen LogP contribution is 2.38. The minimum atomic E-state index is -0.142. The molecule has 0 unspecified atom stereocenters. The number of rotatable bonds is 6. The molecule has 1 aliphatic heterocycles.